The third-order valence-corrected chi connectivity index (χ3v) is 6.19. The van der Waals surface area contributed by atoms with Gasteiger partial charge in [-0.2, -0.15) is 0 Å². The maximum Gasteiger partial charge on any atom is 0.331 e. The fourth-order valence-corrected chi connectivity index (χ4v) is 4.23. The molecule has 0 spiro atoms. The van der Waals surface area contributed by atoms with E-state index in [-0.39, 0.29) is 18.7 Å². The number of ether oxygens (including phenoxy) is 4. The van der Waals surface area contributed by atoms with Crippen LogP contribution in [0.15, 0.2) is 82.5 Å². The fourth-order valence-electron chi connectivity index (χ4n) is 4.23. The average Bonchev–Trinajstić information content (AvgIpc) is 2.96. The Morgan fingerprint density at radius 3 is 1.66 bits per heavy atom. The first-order valence-corrected chi connectivity index (χ1v) is 11.9. The lowest BCUT2D eigenvalue weighted by atomic mass is 10.0. The van der Waals surface area contributed by atoms with E-state index in [0.29, 0.717) is 34.1 Å². The van der Waals surface area contributed by atoms with Gasteiger partial charge >= 0.3 is 5.69 Å². The lowest BCUT2D eigenvalue weighted by Crippen LogP contribution is -2.42. The second-order valence-corrected chi connectivity index (χ2v) is 8.64. The number of nitrogens with zero attached hydrogens (tertiary/aromatic N) is 2. The van der Waals surface area contributed by atoms with Crippen LogP contribution in [0.4, 0.5) is 0 Å². The number of methoxy groups -OCH3 is 4. The second-order valence-electron chi connectivity index (χ2n) is 8.64. The third kappa shape index (κ3) is 5.73. The van der Waals surface area contributed by atoms with E-state index in [2.05, 4.69) is 0 Å². The van der Waals surface area contributed by atoms with Gasteiger partial charge < -0.3 is 24.1 Å². The summed E-state index contributed by atoms with van der Waals surface area (Å²) < 4.78 is 23.9. The highest BCUT2D eigenvalue weighted by molar-refractivity contribution is 5.40. The fraction of sp³-hybridized carbons (Fsp3) is 0.241. The average molecular weight is 519 g/mol. The molecule has 0 aliphatic carbocycles. The predicted octanol–water partition coefficient (Wildman–Crippen LogP) is 3.22. The molecule has 3 aromatic carbocycles. The first-order valence-electron chi connectivity index (χ1n) is 11.9. The molecule has 4 rings (SSSR count). The van der Waals surface area contributed by atoms with Gasteiger partial charge in [-0.05, 0) is 41.0 Å². The molecular weight excluding hydrogens is 488 g/mol. The summed E-state index contributed by atoms with van der Waals surface area (Å²) in [7, 11) is 6.14. The minimum Gasteiger partial charge on any atom is -0.497 e. The summed E-state index contributed by atoms with van der Waals surface area (Å²) in [6.45, 7) is 0.0601. The molecule has 9 heteroatoms. The number of aliphatic hydroxyl groups excluding tert-OH is 1. The zero-order chi connectivity index (χ0) is 27.2. The Labute approximate surface area is 220 Å². The van der Waals surface area contributed by atoms with Crippen LogP contribution in [0.2, 0.25) is 0 Å². The number of aromatic nitrogens is 2. The quantitative estimate of drug-likeness (QED) is 0.344. The van der Waals surface area contributed by atoms with Gasteiger partial charge in [0.15, 0.2) is 0 Å². The van der Waals surface area contributed by atoms with Crippen molar-refractivity contribution in [1.82, 2.24) is 9.13 Å². The van der Waals surface area contributed by atoms with Crippen molar-refractivity contribution in [3.63, 3.8) is 0 Å². The van der Waals surface area contributed by atoms with Crippen molar-refractivity contribution in [2.45, 2.75) is 19.2 Å². The van der Waals surface area contributed by atoms with Crippen LogP contribution in [0.1, 0.15) is 28.4 Å². The summed E-state index contributed by atoms with van der Waals surface area (Å²) in [6, 6.07) is 19.3. The molecule has 0 saturated carbocycles. The third-order valence-electron chi connectivity index (χ3n) is 6.19. The molecule has 1 aromatic heterocycles. The van der Waals surface area contributed by atoms with Crippen LogP contribution in [-0.4, -0.2) is 42.7 Å². The van der Waals surface area contributed by atoms with Gasteiger partial charge in [0, 0.05) is 18.3 Å². The molecule has 1 atom stereocenters. The highest BCUT2D eigenvalue weighted by Crippen LogP contribution is 2.25. The normalized spacial score (nSPS) is 11.6. The van der Waals surface area contributed by atoms with Crippen LogP contribution in [-0.2, 0) is 13.1 Å². The lowest BCUT2D eigenvalue weighted by Gasteiger charge is -2.18. The van der Waals surface area contributed by atoms with E-state index in [0.717, 1.165) is 10.1 Å². The first-order chi connectivity index (χ1) is 18.4. The van der Waals surface area contributed by atoms with E-state index in [1.165, 1.54) is 25.0 Å². The molecule has 0 bridgehead atoms. The standard InChI is InChI=1S/C29H30N2O7/c1-35-22-10-19(11-23(14-22)36-2)16-30-18-26(27(32)21-8-6-5-7-9-21)28(33)31(29(30)34)17-20-12-24(37-3)15-25(13-20)38-4/h5-15,18,27,32H,16-17H2,1-4H3. The molecule has 0 aliphatic rings. The van der Waals surface area contributed by atoms with Crippen LogP contribution in [0.3, 0.4) is 0 Å². The van der Waals surface area contributed by atoms with Crippen molar-refractivity contribution in [1.29, 1.82) is 0 Å². The van der Waals surface area contributed by atoms with E-state index in [4.69, 9.17) is 18.9 Å². The molecule has 1 unspecified atom stereocenters. The molecule has 4 aromatic rings. The van der Waals surface area contributed by atoms with Gasteiger partial charge in [0.1, 0.15) is 29.1 Å². The number of rotatable bonds is 10. The molecule has 1 N–H and O–H groups in total. The number of hydrogen-bond donors (Lipinski definition) is 1. The van der Waals surface area contributed by atoms with Crippen molar-refractivity contribution in [2.24, 2.45) is 0 Å². The minimum absolute atomic E-state index is 0.0536. The van der Waals surface area contributed by atoms with Gasteiger partial charge in [0.05, 0.1) is 47.1 Å². The lowest BCUT2D eigenvalue weighted by molar-refractivity contribution is 0.216. The van der Waals surface area contributed by atoms with E-state index in [1.807, 2.05) is 6.07 Å². The van der Waals surface area contributed by atoms with E-state index < -0.39 is 17.4 Å². The smallest absolute Gasteiger partial charge is 0.331 e. The Morgan fingerprint density at radius 1 is 0.711 bits per heavy atom. The summed E-state index contributed by atoms with van der Waals surface area (Å²) in [5, 5.41) is 11.2. The molecular formula is C29H30N2O7. The first kappa shape index (κ1) is 26.6. The number of aliphatic hydroxyl groups is 1. The van der Waals surface area contributed by atoms with Gasteiger partial charge in [0.2, 0.25) is 0 Å². The molecule has 0 fully saturated rings. The molecule has 9 nitrogen and oxygen atoms in total. The van der Waals surface area contributed by atoms with Gasteiger partial charge in [-0.25, -0.2) is 4.79 Å². The molecule has 0 saturated heterocycles. The van der Waals surface area contributed by atoms with Crippen LogP contribution < -0.4 is 30.2 Å². The van der Waals surface area contributed by atoms with Crippen molar-refractivity contribution in [2.75, 3.05) is 28.4 Å². The zero-order valence-electron chi connectivity index (χ0n) is 21.7. The van der Waals surface area contributed by atoms with Gasteiger partial charge in [-0.3, -0.25) is 13.9 Å². The van der Waals surface area contributed by atoms with E-state index in [1.54, 1.807) is 74.9 Å². The summed E-state index contributed by atoms with van der Waals surface area (Å²) in [4.78, 5) is 27.3. The van der Waals surface area contributed by atoms with Crippen LogP contribution >= 0.6 is 0 Å². The molecule has 1 heterocycles. The summed E-state index contributed by atoms with van der Waals surface area (Å²) in [6.07, 6.45) is 0.179. The Kier molecular flexibility index (Phi) is 8.18. The van der Waals surface area contributed by atoms with Crippen molar-refractivity contribution in [3.8, 4) is 23.0 Å². The highest BCUT2D eigenvalue weighted by Gasteiger charge is 2.20. The molecule has 198 valence electrons. The minimum atomic E-state index is -1.23. The summed E-state index contributed by atoms with van der Waals surface area (Å²) in [5.74, 6) is 2.18. The molecule has 0 radical (unpaired) electrons. The Balaban J connectivity index is 1.87. The highest BCUT2D eigenvalue weighted by atomic mass is 16.5. The van der Waals surface area contributed by atoms with Gasteiger partial charge in [-0.15, -0.1) is 0 Å². The summed E-state index contributed by atoms with van der Waals surface area (Å²) >= 11 is 0. The van der Waals surface area contributed by atoms with Gasteiger partial charge in [-0.1, -0.05) is 30.3 Å². The van der Waals surface area contributed by atoms with E-state index >= 15 is 0 Å². The Morgan fingerprint density at radius 2 is 1.18 bits per heavy atom. The molecule has 0 aliphatic heterocycles. The molecule has 0 amide bonds. The van der Waals surface area contributed by atoms with Gasteiger partial charge in [0.25, 0.3) is 5.56 Å². The SMILES string of the molecule is COc1cc(Cn2cc(C(O)c3ccccc3)c(=O)n(Cc3cc(OC)cc(OC)c3)c2=O)cc(OC)c1. The van der Waals surface area contributed by atoms with Crippen LogP contribution in [0, 0.1) is 0 Å². The van der Waals surface area contributed by atoms with Crippen molar-refractivity contribution >= 4 is 0 Å². The van der Waals surface area contributed by atoms with Crippen LogP contribution in [0.5, 0.6) is 23.0 Å². The number of hydrogen-bond acceptors (Lipinski definition) is 7. The van der Waals surface area contributed by atoms with Crippen molar-refractivity contribution < 1.29 is 24.1 Å². The maximum atomic E-state index is 13.6. The van der Waals surface area contributed by atoms with Crippen molar-refractivity contribution in [3.05, 3.63) is 116 Å². The number of benzene rings is 3. The zero-order valence-corrected chi connectivity index (χ0v) is 21.7. The largest absolute Gasteiger partial charge is 0.497 e. The Bertz CT molecular complexity index is 1480. The van der Waals surface area contributed by atoms with Crippen LogP contribution in [0.25, 0.3) is 0 Å². The topological polar surface area (TPSA) is 101 Å². The second kappa shape index (κ2) is 11.7. The monoisotopic (exact) mass is 518 g/mol. The predicted molar refractivity (Wildman–Crippen MR) is 143 cm³/mol. The molecule has 38 heavy (non-hydrogen) atoms. The summed E-state index contributed by atoms with van der Waals surface area (Å²) in [5.41, 5.74) is 0.821. The van der Waals surface area contributed by atoms with E-state index in [9.17, 15) is 14.7 Å². The Hall–Kier alpha value is -4.50. The maximum absolute atomic E-state index is 13.6.